The normalized spacial score (nSPS) is 13.0. The van der Waals surface area contributed by atoms with Crippen LogP contribution in [0.25, 0.3) is 0 Å². The second kappa shape index (κ2) is 6.13. The lowest BCUT2D eigenvalue weighted by atomic mass is 10.1. The van der Waals surface area contributed by atoms with Crippen LogP contribution >= 0.6 is 15.9 Å². The third-order valence-corrected chi connectivity index (χ3v) is 4.89. The van der Waals surface area contributed by atoms with Crippen molar-refractivity contribution >= 4 is 31.6 Å². The fourth-order valence-corrected chi connectivity index (χ4v) is 3.36. The molecule has 0 saturated carbocycles. The number of hydrogen-bond acceptors (Lipinski definition) is 3. The van der Waals surface area contributed by atoms with Gasteiger partial charge < -0.3 is 5.11 Å². The van der Waals surface area contributed by atoms with Crippen LogP contribution in [-0.2, 0) is 10.0 Å². The van der Waals surface area contributed by atoms with E-state index in [1.165, 1.54) is 30.3 Å². The van der Waals surface area contributed by atoms with Crippen molar-refractivity contribution in [2.45, 2.75) is 17.9 Å². The summed E-state index contributed by atoms with van der Waals surface area (Å²) in [6.07, 6.45) is -0.666. The maximum Gasteiger partial charge on any atom is 0.261 e. The van der Waals surface area contributed by atoms with Crippen LogP contribution in [0.4, 0.5) is 10.1 Å². The van der Waals surface area contributed by atoms with Gasteiger partial charge in [0.25, 0.3) is 10.0 Å². The molecule has 0 aliphatic rings. The fraction of sp³-hybridized carbons (Fsp3) is 0.143. The molecule has 7 heteroatoms. The molecule has 21 heavy (non-hydrogen) atoms. The number of anilines is 1. The molecule has 0 fully saturated rings. The summed E-state index contributed by atoms with van der Waals surface area (Å²) in [6.45, 7) is 1.59. The minimum absolute atomic E-state index is 0.0584. The first kappa shape index (κ1) is 15.9. The van der Waals surface area contributed by atoms with E-state index in [0.29, 0.717) is 10.0 Å². The predicted octanol–water partition coefficient (Wildman–Crippen LogP) is 3.44. The molecule has 0 bridgehead atoms. The Morgan fingerprint density at radius 3 is 2.33 bits per heavy atom. The predicted molar refractivity (Wildman–Crippen MR) is 82.0 cm³/mol. The molecular formula is C14H13BrFNO3S. The van der Waals surface area contributed by atoms with Gasteiger partial charge in [0.1, 0.15) is 5.82 Å². The van der Waals surface area contributed by atoms with Gasteiger partial charge in [-0.05, 0) is 58.7 Å². The van der Waals surface area contributed by atoms with E-state index in [-0.39, 0.29) is 10.6 Å². The van der Waals surface area contributed by atoms with Gasteiger partial charge in [-0.1, -0.05) is 12.1 Å². The van der Waals surface area contributed by atoms with E-state index >= 15 is 0 Å². The van der Waals surface area contributed by atoms with Crippen molar-refractivity contribution in [2.24, 2.45) is 0 Å². The summed E-state index contributed by atoms with van der Waals surface area (Å²) < 4.78 is 40.1. The van der Waals surface area contributed by atoms with Gasteiger partial charge in [-0.15, -0.1) is 0 Å². The quantitative estimate of drug-likeness (QED) is 0.862. The molecular weight excluding hydrogens is 361 g/mol. The number of aliphatic hydroxyl groups excluding tert-OH is 1. The van der Waals surface area contributed by atoms with Crippen LogP contribution in [0.3, 0.4) is 0 Å². The number of sulfonamides is 1. The van der Waals surface area contributed by atoms with Gasteiger partial charge in [-0.25, -0.2) is 12.8 Å². The highest BCUT2D eigenvalue weighted by Crippen LogP contribution is 2.26. The van der Waals surface area contributed by atoms with Gasteiger partial charge in [0.15, 0.2) is 0 Å². The van der Waals surface area contributed by atoms with Gasteiger partial charge in [0.2, 0.25) is 0 Å². The minimum Gasteiger partial charge on any atom is -0.389 e. The molecule has 1 unspecified atom stereocenters. The third-order valence-electron chi connectivity index (χ3n) is 2.85. The van der Waals surface area contributed by atoms with E-state index in [0.717, 1.165) is 0 Å². The Bertz CT molecular complexity index is 745. The lowest BCUT2D eigenvalue weighted by molar-refractivity contribution is 0.199. The number of halogens is 2. The van der Waals surface area contributed by atoms with Crippen molar-refractivity contribution in [3.05, 3.63) is 58.3 Å². The molecule has 0 radical (unpaired) electrons. The Labute approximate surface area is 130 Å². The van der Waals surface area contributed by atoms with E-state index in [2.05, 4.69) is 20.7 Å². The summed E-state index contributed by atoms with van der Waals surface area (Å²) in [5, 5.41) is 9.41. The van der Waals surface area contributed by atoms with Crippen LogP contribution in [0.1, 0.15) is 18.6 Å². The second-order valence-corrected chi connectivity index (χ2v) is 7.01. The first-order chi connectivity index (χ1) is 9.79. The molecule has 4 nitrogen and oxygen atoms in total. The molecule has 0 spiro atoms. The Balaban J connectivity index is 2.29. The molecule has 0 aliphatic heterocycles. The van der Waals surface area contributed by atoms with Crippen LogP contribution in [0.5, 0.6) is 0 Å². The monoisotopic (exact) mass is 373 g/mol. The van der Waals surface area contributed by atoms with E-state index in [1.54, 1.807) is 19.1 Å². The van der Waals surface area contributed by atoms with E-state index < -0.39 is 21.9 Å². The van der Waals surface area contributed by atoms with E-state index in [1.807, 2.05) is 0 Å². The summed E-state index contributed by atoms with van der Waals surface area (Å²) in [7, 11) is -3.78. The summed E-state index contributed by atoms with van der Waals surface area (Å²) in [4.78, 5) is 0.0584. The van der Waals surface area contributed by atoms with Crippen LogP contribution in [0.15, 0.2) is 51.8 Å². The van der Waals surface area contributed by atoms with Gasteiger partial charge in [0.05, 0.1) is 16.7 Å². The van der Waals surface area contributed by atoms with Gasteiger partial charge in [-0.3, -0.25) is 4.72 Å². The smallest absolute Gasteiger partial charge is 0.261 e. The highest BCUT2D eigenvalue weighted by atomic mass is 79.9. The number of nitrogens with one attached hydrogen (secondary N) is 1. The first-order valence-corrected chi connectivity index (χ1v) is 8.33. The Morgan fingerprint density at radius 1 is 1.19 bits per heavy atom. The third kappa shape index (κ3) is 3.81. The minimum atomic E-state index is -3.78. The fourth-order valence-electron chi connectivity index (χ4n) is 1.70. The van der Waals surface area contributed by atoms with Crippen molar-refractivity contribution in [3.8, 4) is 0 Å². The topological polar surface area (TPSA) is 66.4 Å². The van der Waals surface area contributed by atoms with Gasteiger partial charge in [0, 0.05) is 4.47 Å². The van der Waals surface area contributed by atoms with Crippen LogP contribution < -0.4 is 4.72 Å². The van der Waals surface area contributed by atoms with Crippen LogP contribution in [-0.4, -0.2) is 13.5 Å². The molecule has 112 valence electrons. The Kier molecular flexibility index (Phi) is 4.65. The molecule has 1 atom stereocenters. The molecule has 0 amide bonds. The molecule has 0 heterocycles. The molecule has 2 rings (SSSR count). The Hall–Kier alpha value is -1.44. The maximum absolute atomic E-state index is 13.0. The first-order valence-electron chi connectivity index (χ1n) is 6.05. The molecule has 0 saturated heterocycles. The van der Waals surface area contributed by atoms with Gasteiger partial charge >= 0.3 is 0 Å². The van der Waals surface area contributed by atoms with Crippen molar-refractivity contribution < 1.29 is 17.9 Å². The largest absolute Gasteiger partial charge is 0.389 e. The SMILES string of the molecule is CC(O)c1ccc(S(=O)(=O)Nc2ccc(F)cc2Br)cc1. The zero-order valence-corrected chi connectivity index (χ0v) is 13.4. The lowest BCUT2D eigenvalue weighted by Crippen LogP contribution is -2.13. The lowest BCUT2D eigenvalue weighted by Gasteiger charge is -2.11. The van der Waals surface area contributed by atoms with Crippen LogP contribution in [0.2, 0.25) is 0 Å². The molecule has 0 aliphatic carbocycles. The highest BCUT2D eigenvalue weighted by Gasteiger charge is 2.16. The molecule has 2 N–H and O–H groups in total. The van der Waals surface area contributed by atoms with E-state index in [4.69, 9.17) is 0 Å². The van der Waals surface area contributed by atoms with Crippen molar-refractivity contribution in [1.29, 1.82) is 0 Å². The summed E-state index contributed by atoms with van der Waals surface area (Å²) in [5.74, 6) is -0.467. The molecule has 2 aromatic rings. The second-order valence-electron chi connectivity index (χ2n) is 4.47. The number of hydrogen-bond donors (Lipinski definition) is 2. The van der Waals surface area contributed by atoms with Gasteiger partial charge in [-0.2, -0.15) is 0 Å². The standard InChI is InChI=1S/C14H13BrFNO3S/c1-9(18)10-2-5-12(6-3-10)21(19,20)17-14-7-4-11(16)8-13(14)15/h2-9,17-18H,1H3. The zero-order chi connectivity index (χ0) is 15.6. The molecule has 0 aromatic heterocycles. The number of rotatable bonds is 4. The average molecular weight is 374 g/mol. The van der Waals surface area contributed by atoms with Crippen molar-refractivity contribution in [1.82, 2.24) is 0 Å². The Morgan fingerprint density at radius 2 is 1.81 bits per heavy atom. The van der Waals surface area contributed by atoms with Crippen LogP contribution in [0, 0.1) is 5.82 Å². The summed E-state index contributed by atoms with van der Waals surface area (Å²) in [6, 6.07) is 9.57. The average Bonchev–Trinajstić information content (AvgIpc) is 2.42. The van der Waals surface area contributed by atoms with Crippen molar-refractivity contribution in [2.75, 3.05) is 4.72 Å². The zero-order valence-electron chi connectivity index (χ0n) is 11.0. The molecule has 2 aromatic carbocycles. The summed E-state index contributed by atoms with van der Waals surface area (Å²) in [5.41, 5.74) is 0.868. The van der Waals surface area contributed by atoms with E-state index in [9.17, 15) is 17.9 Å². The highest BCUT2D eigenvalue weighted by molar-refractivity contribution is 9.10. The number of aliphatic hydroxyl groups is 1. The van der Waals surface area contributed by atoms with Crippen molar-refractivity contribution in [3.63, 3.8) is 0 Å². The summed E-state index contributed by atoms with van der Waals surface area (Å²) >= 11 is 3.10. The number of benzene rings is 2. The maximum atomic E-state index is 13.0.